The van der Waals surface area contributed by atoms with E-state index in [9.17, 15) is 9.59 Å². The van der Waals surface area contributed by atoms with E-state index in [0.29, 0.717) is 30.2 Å². The molecule has 2 amide bonds. The Balaban J connectivity index is 1.56. The highest BCUT2D eigenvalue weighted by molar-refractivity contribution is 8.01. The summed E-state index contributed by atoms with van der Waals surface area (Å²) in [6.45, 7) is 3.06. The predicted molar refractivity (Wildman–Crippen MR) is 127 cm³/mol. The SMILES string of the molecule is COc1ccc(C(=O)N2CCSC23C(=O)N(Cc2ccccc2C)c2ccccc23)cc1. The van der Waals surface area contributed by atoms with Gasteiger partial charge in [-0.3, -0.25) is 9.59 Å². The third kappa shape index (κ3) is 3.09. The summed E-state index contributed by atoms with van der Waals surface area (Å²) in [5, 5.41) is 0. The number of methoxy groups -OCH3 is 1. The Bertz CT molecular complexity index is 1190. The maximum absolute atomic E-state index is 14.0. The van der Waals surface area contributed by atoms with Crippen molar-refractivity contribution in [2.75, 3.05) is 24.3 Å². The molecular formula is C26H24N2O3S. The molecule has 2 aliphatic heterocycles. The van der Waals surface area contributed by atoms with Gasteiger partial charge in [-0.1, -0.05) is 42.5 Å². The van der Waals surface area contributed by atoms with Crippen LogP contribution in [0.15, 0.2) is 72.8 Å². The highest BCUT2D eigenvalue weighted by atomic mass is 32.2. The van der Waals surface area contributed by atoms with E-state index in [2.05, 4.69) is 19.1 Å². The van der Waals surface area contributed by atoms with E-state index >= 15 is 0 Å². The first-order valence-electron chi connectivity index (χ1n) is 10.6. The fourth-order valence-electron chi connectivity index (χ4n) is 4.57. The zero-order valence-corrected chi connectivity index (χ0v) is 18.9. The van der Waals surface area contributed by atoms with Crippen LogP contribution in [0.1, 0.15) is 27.0 Å². The van der Waals surface area contributed by atoms with Gasteiger partial charge in [0, 0.05) is 23.4 Å². The van der Waals surface area contributed by atoms with Crippen LogP contribution in [0.25, 0.3) is 0 Å². The van der Waals surface area contributed by atoms with Crippen molar-refractivity contribution in [3.8, 4) is 5.75 Å². The Hall–Kier alpha value is -3.25. The summed E-state index contributed by atoms with van der Waals surface area (Å²) in [5.41, 5.74) is 4.56. The summed E-state index contributed by atoms with van der Waals surface area (Å²) in [7, 11) is 1.60. The number of amides is 2. The monoisotopic (exact) mass is 444 g/mol. The number of fused-ring (bicyclic) bond motifs is 2. The first kappa shape index (κ1) is 20.6. The van der Waals surface area contributed by atoms with E-state index in [1.54, 1.807) is 48.0 Å². The number of para-hydroxylation sites is 1. The summed E-state index contributed by atoms with van der Waals surface area (Å²) in [6, 6.07) is 23.0. The molecule has 0 aromatic heterocycles. The number of nitrogens with zero attached hydrogens (tertiary/aromatic N) is 2. The van der Waals surface area contributed by atoms with Gasteiger partial charge in [-0.05, 0) is 48.4 Å². The smallest absolute Gasteiger partial charge is 0.268 e. The molecule has 2 heterocycles. The number of rotatable bonds is 4. The fourth-order valence-corrected chi connectivity index (χ4v) is 6.03. The Kier molecular flexibility index (Phi) is 5.18. The third-order valence-corrected chi connectivity index (χ3v) is 7.69. The highest BCUT2D eigenvalue weighted by Crippen LogP contribution is 2.54. The molecule has 1 spiro atoms. The van der Waals surface area contributed by atoms with Gasteiger partial charge in [-0.25, -0.2) is 0 Å². The molecule has 5 nitrogen and oxygen atoms in total. The molecule has 1 atom stereocenters. The van der Waals surface area contributed by atoms with E-state index in [1.165, 1.54) is 0 Å². The van der Waals surface area contributed by atoms with Crippen molar-refractivity contribution >= 4 is 29.3 Å². The summed E-state index contributed by atoms with van der Waals surface area (Å²) in [5.74, 6) is 1.21. The van der Waals surface area contributed by atoms with Crippen molar-refractivity contribution in [1.82, 2.24) is 4.90 Å². The maximum atomic E-state index is 14.0. The molecule has 6 heteroatoms. The van der Waals surface area contributed by atoms with Gasteiger partial charge in [0.2, 0.25) is 0 Å². The summed E-state index contributed by atoms with van der Waals surface area (Å²) >= 11 is 1.55. The number of hydrogen-bond donors (Lipinski definition) is 0. The van der Waals surface area contributed by atoms with E-state index in [0.717, 1.165) is 22.4 Å². The minimum Gasteiger partial charge on any atom is -0.497 e. The van der Waals surface area contributed by atoms with Crippen LogP contribution < -0.4 is 9.64 Å². The Morgan fingerprint density at radius 3 is 2.50 bits per heavy atom. The van der Waals surface area contributed by atoms with Gasteiger partial charge in [-0.15, -0.1) is 11.8 Å². The van der Waals surface area contributed by atoms with Crippen LogP contribution in [0.4, 0.5) is 5.69 Å². The second-order valence-corrected chi connectivity index (χ2v) is 9.30. The van der Waals surface area contributed by atoms with Crippen LogP contribution in [-0.2, 0) is 16.2 Å². The van der Waals surface area contributed by atoms with Gasteiger partial charge in [0.25, 0.3) is 11.8 Å². The van der Waals surface area contributed by atoms with Gasteiger partial charge >= 0.3 is 0 Å². The van der Waals surface area contributed by atoms with Crippen LogP contribution in [0.2, 0.25) is 0 Å². The molecule has 0 radical (unpaired) electrons. The van der Waals surface area contributed by atoms with Gasteiger partial charge in [0.05, 0.1) is 19.3 Å². The molecule has 3 aromatic carbocycles. The van der Waals surface area contributed by atoms with Gasteiger partial charge in [-0.2, -0.15) is 0 Å². The number of carbonyl (C=O) groups excluding carboxylic acids is 2. The molecule has 0 N–H and O–H groups in total. The predicted octanol–water partition coefficient (Wildman–Crippen LogP) is 4.59. The van der Waals surface area contributed by atoms with E-state index < -0.39 is 4.87 Å². The minimum absolute atomic E-state index is 0.0497. The van der Waals surface area contributed by atoms with Crippen molar-refractivity contribution < 1.29 is 14.3 Å². The highest BCUT2D eigenvalue weighted by Gasteiger charge is 2.59. The largest absolute Gasteiger partial charge is 0.497 e. The molecule has 0 aliphatic carbocycles. The number of ether oxygens (including phenoxy) is 1. The second kappa shape index (κ2) is 8.02. The van der Waals surface area contributed by atoms with E-state index in [1.807, 2.05) is 41.3 Å². The third-order valence-electron chi connectivity index (χ3n) is 6.27. The first-order valence-corrected chi connectivity index (χ1v) is 11.6. The fraction of sp³-hybridized carbons (Fsp3) is 0.231. The Morgan fingerprint density at radius 1 is 1.03 bits per heavy atom. The van der Waals surface area contributed by atoms with Crippen LogP contribution >= 0.6 is 11.8 Å². The zero-order valence-electron chi connectivity index (χ0n) is 18.1. The number of carbonyl (C=O) groups is 2. The molecule has 1 unspecified atom stereocenters. The van der Waals surface area contributed by atoms with Crippen molar-refractivity contribution in [2.45, 2.75) is 18.3 Å². The van der Waals surface area contributed by atoms with Crippen molar-refractivity contribution in [3.63, 3.8) is 0 Å². The Morgan fingerprint density at radius 2 is 1.75 bits per heavy atom. The molecule has 1 saturated heterocycles. The molecule has 5 rings (SSSR count). The van der Waals surface area contributed by atoms with Crippen LogP contribution in [0.5, 0.6) is 5.75 Å². The summed E-state index contributed by atoms with van der Waals surface area (Å²) < 4.78 is 5.22. The lowest BCUT2D eigenvalue weighted by Gasteiger charge is -2.33. The van der Waals surface area contributed by atoms with Crippen LogP contribution in [0, 0.1) is 6.92 Å². The number of aryl methyl sites for hydroxylation is 1. The van der Waals surface area contributed by atoms with Gasteiger partial charge < -0.3 is 14.5 Å². The molecule has 1 fully saturated rings. The van der Waals surface area contributed by atoms with Crippen molar-refractivity contribution in [1.29, 1.82) is 0 Å². The standard InChI is InChI=1S/C26H24N2O3S/c1-18-7-3-4-8-20(18)17-27-23-10-6-5-9-22(23)26(25(27)30)28(15-16-32-26)24(29)19-11-13-21(31-2)14-12-19/h3-14H,15-17H2,1-2H3. The normalized spacial score (nSPS) is 19.5. The number of anilines is 1. The minimum atomic E-state index is -1.03. The summed E-state index contributed by atoms with van der Waals surface area (Å²) in [6.07, 6.45) is 0. The average molecular weight is 445 g/mol. The quantitative estimate of drug-likeness (QED) is 0.591. The molecule has 3 aromatic rings. The maximum Gasteiger partial charge on any atom is 0.268 e. The molecule has 2 aliphatic rings. The summed E-state index contributed by atoms with van der Waals surface area (Å²) in [4.78, 5) is 30.2. The van der Waals surface area contributed by atoms with Crippen LogP contribution in [0.3, 0.4) is 0 Å². The average Bonchev–Trinajstić information content (AvgIpc) is 3.37. The first-order chi connectivity index (χ1) is 15.6. The second-order valence-electron chi connectivity index (χ2n) is 8.01. The number of thioether (sulfide) groups is 1. The lowest BCUT2D eigenvalue weighted by Crippen LogP contribution is -2.50. The van der Waals surface area contributed by atoms with Crippen molar-refractivity contribution in [2.24, 2.45) is 0 Å². The topological polar surface area (TPSA) is 49.9 Å². The molecule has 0 saturated carbocycles. The molecule has 32 heavy (non-hydrogen) atoms. The van der Waals surface area contributed by atoms with Crippen LogP contribution in [-0.4, -0.2) is 36.1 Å². The molecule has 162 valence electrons. The van der Waals surface area contributed by atoms with Gasteiger partial charge in [0.15, 0.2) is 4.87 Å². The number of benzene rings is 3. The lowest BCUT2D eigenvalue weighted by molar-refractivity contribution is -0.123. The lowest BCUT2D eigenvalue weighted by atomic mass is 10.0. The van der Waals surface area contributed by atoms with E-state index in [4.69, 9.17) is 4.74 Å². The van der Waals surface area contributed by atoms with Gasteiger partial charge in [0.1, 0.15) is 5.75 Å². The zero-order chi connectivity index (χ0) is 22.3. The number of hydrogen-bond acceptors (Lipinski definition) is 4. The van der Waals surface area contributed by atoms with Crippen molar-refractivity contribution in [3.05, 3.63) is 95.1 Å². The van der Waals surface area contributed by atoms with E-state index in [-0.39, 0.29) is 11.8 Å². The molecule has 0 bridgehead atoms. The molecular weight excluding hydrogens is 420 g/mol. The Labute approximate surface area is 192 Å².